The minimum Gasteiger partial charge on any atom is -0.491 e. The van der Waals surface area contributed by atoms with E-state index in [1.807, 2.05) is 31.2 Å². The van der Waals surface area contributed by atoms with Crippen molar-refractivity contribution < 1.29 is 19.2 Å². The van der Waals surface area contributed by atoms with Gasteiger partial charge < -0.3 is 19.7 Å². The number of carbonyl (C=O) groups excluding carboxylic acids is 1. The van der Waals surface area contributed by atoms with Crippen LogP contribution in [0.2, 0.25) is 0 Å². The fraction of sp³-hybridized carbons (Fsp3) is 0.333. The number of hydrogen-bond donors (Lipinski definition) is 2. The molecule has 2 rings (SSSR count). The van der Waals surface area contributed by atoms with Crippen molar-refractivity contribution in [2.24, 2.45) is 0 Å². The van der Waals surface area contributed by atoms with Crippen LogP contribution < -0.4 is 10.1 Å². The van der Waals surface area contributed by atoms with Gasteiger partial charge in [-0.05, 0) is 24.6 Å². The van der Waals surface area contributed by atoms with Crippen molar-refractivity contribution in [2.75, 3.05) is 13.2 Å². The summed E-state index contributed by atoms with van der Waals surface area (Å²) in [6, 6.07) is 9.18. The van der Waals surface area contributed by atoms with Crippen molar-refractivity contribution in [1.82, 2.24) is 10.5 Å². The molecule has 0 saturated heterocycles. The molecule has 0 aliphatic carbocycles. The molecule has 112 valence electrons. The zero-order chi connectivity index (χ0) is 15.1. The fourth-order valence-corrected chi connectivity index (χ4v) is 1.74. The minimum absolute atomic E-state index is 0.119. The van der Waals surface area contributed by atoms with Crippen LogP contribution in [0.5, 0.6) is 5.75 Å². The van der Waals surface area contributed by atoms with Crippen molar-refractivity contribution in [3.05, 3.63) is 47.9 Å². The first-order valence-corrected chi connectivity index (χ1v) is 6.67. The van der Waals surface area contributed by atoms with Crippen LogP contribution in [0.1, 0.15) is 11.3 Å². The van der Waals surface area contributed by atoms with Crippen LogP contribution in [0.3, 0.4) is 0 Å². The zero-order valence-corrected chi connectivity index (χ0v) is 11.8. The largest absolute Gasteiger partial charge is 0.491 e. The van der Waals surface area contributed by atoms with Crippen molar-refractivity contribution in [3.8, 4) is 5.75 Å². The van der Waals surface area contributed by atoms with Gasteiger partial charge in [0.15, 0.2) is 0 Å². The predicted molar refractivity (Wildman–Crippen MR) is 75.9 cm³/mol. The summed E-state index contributed by atoms with van der Waals surface area (Å²) in [5.41, 5.74) is 1.64. The third kappa shape index (κ3) is 5.27. The molecule has 2 N–H and O–H groups in total. The van der Waals surface area contributed by atoms with Gasteiger partial charge in [-0.1, -0.05) is 17.3 Å². The fourth-order valence-electron chi connectivity index (χ4n) is 1.74. The lowest BCUT2D eigenvalue weighted by Gasteiger charge is -2.13. The van der Waals surface area contributed by atoms with Crippen LogP contribution in [-0.2, 0) is 11.2 Å². The quantitative estimate of drug-likeness (QED) is 0.797. The Morgan fingerprint density at radius 3 is 3.05 bits per heavy atom. The highest BCUT2D eigenvalue weighted by Gasteiger charge is 2.10. The number of carbonyl (C=O) groups is 1. The van der Waals surface area contributed by atoms with Gasteiger partial charge in [-0.3, -0.25) is 4.79 Å². The van der Waals surface area contributed by atoms with Crippen LogP contribution in [-0.4, -0.2) is 35.4 Å². The van der Waals surface area contributed by atoms with Gasteiger partial charge in [0, 0.05) is 12.6 Å². The number of aromatic nitrogens is 1. The van der Waals surface area contributed by atoms with Gasteiger partial charge in [0.2, 0.25) is 5.91 Å². The van der Waals surface area contributed by atoms with Crippen molar-refractivity contribution in [3.63, 3.8) is 0 Å². The second-order valence-electron chi connectivity index (χ2n) is 4.75. The number of nitrogens with one attached hydrogen (secondary N) is 1. The summed E-state index contributed by atoms with van der Waals surface area (Å²) in [5, 5.41) is 16.0. The van der Waals surface area contributed by atoms with E-state index in [-0.39, 0.29) is 25.5 Å². The molecule has 6 nitrogen and oxygen atoms in total. The molecule has 2 aromatic rings. The van der Waals surface area contributed by atoms with Gasteiger partial charge in [-0.15, -0.1) is 0 Å². The van der Waals surface area contributed by atoms with E-state index in [0.717, 1.165) is 5.56 Å². The number of rotatable bonds is 7. The number of hydrogen-bond acceptors (Lipinski definition) is 5. The van der Waals surface area contributed by atoms with E-state index in [1.54, 1.807) is 6.07 Å². The molecule has 1 aromatic heterocycles. The zero-order valence-electron chi connectivity index (χ0n) is 11.8. The van der Waals surface area contributed by atoms with Gasteiger partial charge in [-0.2, -0.15) is 0 Å². The lowest BCUT2D eigenvalue weighted by Crippen LogP contribution is -2.36. The maximum atomic E-state index is 11.6. The van der Waals surface area contributed by atoms with E-state index in [1.165, 1.54) is 6.26 Å². The number of nitrogens with zero attached hydrogens (tertiary/aromatic N) is 1. The van der Waals surface area contributed by atoms with E-state index < -0.39 is 6.10 Å². The average molecular weight is 290 g/mol. The van der Waals surface area contributed by atoms with E-state index in [9.17, 15) is 9.90 Å². The number of aliphatic hydroxyl groups excluding tert-OH is 1. The standard InChI is InChI=1S/C15H18N2O4/c1-11-3-2-4-14(7-11)20-10-13(18)9-16-15(19)8-12-5-6-21-17-12/h2-7,13,18H,8-10H2,1H3,(H,16,19). The first kappa shape index (κ1) is 15.1. The van der Waals surface area contributed by atoms with Gasteiger partial charge in [0.1, 0.15) is 24.7 Å². The lowest BCUT2D eigenvalue weighted by molar-refractivity contribution is -0.121. The molecule has 0 radical (unpaired) electrons. The van der Waals surface area contributed by atoms with Gasteiger partial charge in [0.25, 0.3) is 0 Å². The van der Waals surface area contributed by atoms with E-state index in [0.29, 0.717) is 11.4 Å². The SMILES string of the molecule is Cc1cccc(OCC(O)CNC(=O)Cc2ccon2)c1. The number of ether oxygens (including phenoxy) is 1. The molecule has 1 amide bonds. The van der Waals surface area contributed by atoms with E-state index in [2.05, 4.69) is 15.0 Å². The molecular weight excluding hydrogens is 272 g/mol. The summed E-state index contributed by atoms with van der Waals surface area (Å²) in [6.07, 6.45) is 0.765. The average Bonchev–Trinajstić information content (AvgIpc) is 2.96. The number of aryl methyl sites for hydroxylation is 1. The smallest absolute Gasteiger partial charge is 0.226 e. The highest BCUT2D eigenvalue weighted by atomic mass is 16.5. The van der Waals surface area contributed by atoms with Crippen molar-refractivity contribution in [2.45, 2.75) is 19.4 Å². The highest BCUT2D eigenvalue weighted by molar-refractivity contribution is 5.78. The Hall–Kier alpha value is -2.34. The Labute approximate surface area is 122 Å². The summed E-state index contributed by atoms with van der Waals surface area (Å²) >= 11 is 0. The first-order valence-electron chi connectivity index (χ1n) is 6.67. The third-order valence-electron chi connectivity index (χ3n) is 2.80. The Morgan fingerprint density at radius 1 is 1.48 bits per heavy atom. The molecule has 0 aliphatic heterocycles. The van der Waals surface area contributed by atoms with Gasteiger partial charge >= 0.3 is 0 Å². The second-order valence-corrected chi connectivity index (χ2v) is 4.75. The molecule has 0 spiro atoms. The summed E-state index contributed by atoms with van der Waals surface area (Å²) in [5.74, 6) is 0.474. The molecule has 6 heteroatoms. The molecule has 1 aromatic carbocycles. The van der Waals surface area contributed by atoms with Crippen LogP contribution in [0.4, 0.5) is 0 Å². The molecule has 21 heavy (non-hydrogen) atoms. The molecule has 1 heterocycles. The normalized spacial score (nSPS) is 11.9. The Morgan fingerprint density at radius 2 is 2.33 bits per heavy atom. The Bertz CT molecular complexity index is 569. The van der Waals surface area contributed by atoms with Crippen LogP contribution in [0.25, 0.3) is 0 Å². The minimum atomic E-state index is -0.772. The third-order valence-corrected chi connectivity index (χ3v) is 2.80. The second kappa shape index (κ2) is 7.44. The molecule has 1 unspecified atom stereocenters. The maximum Gasteiger partial charge on any atom is 0.226 e. The summed E-state index contributed by atoms with van der Waals surface area (Å²) < 4.78 is 10.1. The van der Waals surface area contributed by atoms with Crippen molar-refractivity contribution >= 4 is 5.91 Å². The molecular formula is C15H18N2O4. The van der Waals surface area contributed by atoms with E-state index in [4.69, 9.17) is 4.74 Å². The summed E-state index contributed by atoms with van der Waals surface area (Å²) in [7, 11) is 0. The Balaban J connectivity index is 1.67. The van der Waals surface area contributed by atoms with Gasteiger partial charge in [0.05, 0.1) is 12.1 Å². The molecule has 0 fully saturated rings. The number of aliphatic hydroxyl groups is 1. The molecule has 0 aliphatic rings. The summed E-state index contributed by atoms with van der Waals surface area (Å²) in [6.45, 7) is 2.21. The van der Waals surface area contributed by atoms with E-state index >= 15 is 0 Å². The highest BCUT2D eigenvalue weighted by Crippen LogP contribution is 2.12. The Kier molecular flexibility index (Phi) is 5.34. The predicted octanol–water partition coefficient (Wildman–Crippen LogP) is 1.08. The van der Waals surface area contributed by atoms with Gasteiger partial charge in [-0.25, -0.2) is 0 Å². The summed E-state index contributed by atoms with van der Waals surface area (Å²) in [4.78, 5) is 11.6. The van der Waals surface area contributed by atoms with Crippen LogP contribution in [0, 0.1) is 6.92 Å². The monoisotopic (exact) mass is 290 g/mol. The first-order chi connectivity index (χ1) is 10.1. The lowest BCUT2D eigenvalue weighted by atomic mass is 10.2. The topological polar surface area (TPSA) is 84.6 Å². The number of amides is 1. The molecule has 0 bridgehead atoms. The molecule has 1 atom stereocenters. The molecule has 0 saturated carbocycles. The number of benzene rings is 1. The van der Waals surface area contributed by atoms with Crippen LogP contribution >= 0.6 is 0 Å². The van der Waals surface area contributed by atoms with Crippen LogP contribution in [0.15, 0.2) is 41.1 Å². The maximum absolute atomic E-state index is 11.6. The van der Waals surface area contributed by atoms with Crippen molar-refractivity contribution in [1.29, 1.82) is 0 Å².